The minimum absolute atomic E-state index is 0.0390. The topological polar surface area (TPSA) is 102 Å². The first-order valence-corrected chi connectivity index (χ1v) is 12.0. The Morgan fingerprint density at radius 2 is 1.62 bits per heavy atom. The van der Waals surface area contributed by atoms with E-state index in [0.29, 0.717) is 29.4 Å². The molecule has 0 amide bonds. The zero-order valence-electron chi connectivity index (χ0n) is 18.2. The Balaban J connectivity index is 2.20. The lowest BCUT2D eigenvalue weighted by Crippen LogP contribution is -2.16. The van der Waals surface area contributed by atoms with Gasteiger partial charge in [-0.2, -0.15) is 13.4 Å². The zero-order chi connectivity index (χ0) is 23.3. The molecule has 0 aliphatic rings. The number of ether oxygens (including phenoxy) is 4. The van der Waals surface area contributed by atoms with Crippen LogP contribution in [0, 0.1) is 0 Å². The fraction of sp³-hybridized carbons (Fsp3) is 0.333. The molecule has 172 valence electrons. The van der Waals surface area contributed by atoms with Crippen molar-refractivity contribution in [3.05, 3.63) is 40.9 Å². The van der Waals surface area contributed by atoms with Crippen molar-refractivity contribution < 1.29 is 27.4 Å². The van der Waals surface area contributed by atoms with E-state index in [4.69, 9.17) is 18.9 Å². The SMILES string of the molecule is CCCCOc1nc(-c2cc(OC)c(OC)c(OC)c2)n(S(=O)(=O)c2ccc(Br)cc2)n1. The molecule has 0 N–H and O–H groups in total. The highest BCUT2D eigenvalue weighted by atomic mass is 79.9. The molecular formula is C21H24BrN3O6S. The second kappa shape index (κ2) is 10.2. The highest BCUT2D eigenvalue weighted by Crippen LogP contribution is 2.41. The lowest BCUT2D eigenvalue weighted by molar-refractivity contribution is 0.286. The van der Waals surface area contributed by atoms with Crippen LogP contribution in [0.2, 0.25) is 0 Å². The minimum atomic E-state index is -4.07. The van der Waals surface area contributed by atoms with Crippen molar-refractivity contribution in [2.75, 3.05) is 27.9 Å². The number of benzene rings is 2. The second-order valence-corrected chi connectivity index (χ2v) is 9.32. The van der Waals surface area contributed by atoms with Crippen molar-refractivity contribution in [2.24, 2.45) is 0 Å². The Morgan fingerprint density at radius 1 is 1.00 bits per heavy atom. The van der Waals surface area contributed by atoms with E-state index < -0.39 is 10.0 Å². The molecule has 3 aromatic rings. The summed E-state index contributed by atoms with van der Waals surface area (Å²) >= 11 is 3.32. The van der Waals surface area contributed by atoms with Crippen LogP contribution in [0.3, 0.4) is 0 Å². The summed E-state index contributed by atoms with van der Waals surface area (Å²) in [5, 5.41) is 4.15. The fourth-order valence-corrected chi connectivity index (χ4v) is 4.40. The maximum atomic E-state index is 13.4. The van der Waals surface area contributed by atoms with Crippen molar-refractivity contribution in [3.8, 4) is 34.6 Å². The monoisotopic (exact) mass is 525 g/mol. The Morgan fingerprint density at radius 3 is 2.16 bits per heavy atom. The molecule has 32 heavy (non-hydrogen) atoms. The molecule has 0 spiro atoms. The average molecular weight is 526 g/mol. The van der Waals surface area contributed by atoms with Gasteiger partial charge in [-0.1, -0.05) is 34.4 Å². The lowest BCUT2D eigenvalue weighted by atomic mass is 10.1. The molecule has 0 bridgehead atoms. The van der Waals surface area contributed by atoms with Crippen molar-refractivity contribution in [3.63, 3.8) is 0 Å². The van der Waals surface area contributed by atoms with E-state index in [1.165, 1.54) is 33.5 Å². The summed E-state index contributed by atoms with van der Waals surface area (Å²) in [6.45, 7) is 2.39. The summed E-state index contributed by atoms with van der Waals surface area (Å²) in [5.41, 5.74) is 0.401. The third-order valence-corrected chi connectivity index (χ3v) is 6.66. The van der Waals surface area contributed by atoms with Gasteiger partial charge in [-0.3, -0.25) is 0 Å². The second-order valence-electron chi connectivity index (χ2n) is 6.64. The van der Waals surface area contributed by atoms with Gasteiger partial charge in [0.05, 0.1) is 32.8 Å². The van der Waals surface area contributed by atoms with Crippen LogP contribution in [0.15, 0.2) is 45.8 Å². The first-order chi connectivity index (χ1) is 15.3. The quantitative estimate of drug-likeness (QED) is 0.363. The first kappa shape index (κ1) is 23.9. The van der Waals surface area contributed by atoms with E-state index in [-0.39, 0.29) is 16.7 Å². The van der Waals surface area contributed by atoms with Gasteiger partial charge in [-0.25, -0.2) is 0 Å². The number of hydrogen-bond acceptors (Lipinski definition) is 8. The number of unbranched alkanes of at least 4 members (excludes halogenated alkanes) is 1. The maximum absolute atomic E-state index is 13.4. The van der Waals surface area contributed by atoms with Crippen LogP contribution >= 0.6 is 15.9 Å². The highest BCUT2D eigenvalue weighted by molar-refractivity contribution is 9.10. The van der Waals surface area contributed by atoms with E-state index in [9.17, 15) is 8.42 Å². The fourth-order valence-electron chi connectivity index (χ4n) is 2.91. The Labute approximate surface area is 195 Å². The molecule has 2 aromatic carbocycles. The predicted octanol–water partition coefficient (Wildman–Crippen LogP) is 4.15. The van der Waals surface area contributed by atoms with E-state index in [0.717, 1.165) is 21.4 Å². The molecule has 11 heteroatoms. The minimum Gasteiger partial charge on any atom is -0.493 e. The van der Waals surface area contributed by atoms with E-state index in [2.05, 4.69) is 26.0 Å². The summed E-state index contributed by atoms with van der Waals surface area (Å²) < 4.78 is 50.2. The van der Waals surface area contributed by atoms with Crippen LogP contribution in [0.25, 0.3) is 11.4 Å². The van der Waals surface area contributed by atoms with Gasteiger partial charge in [0.2, 0.25) is 5.75 Å². The van der Waals surface area contributed by atoms with Crippen LogP contribution in [-0.2, 0) is 10.0 Å². The number of rotatable bonds is 10. The maximum Gasteiger partial charge on any atom is 0.337 e. The van der Waals surface area contributed by atoms with Crippen molar-refractivity contribution in [1.82, 2.24) is 14.2 Å². The van der Waals surface area contributed by atoms with Gasteiger partial charge < -0.3 is 18.9 Å². The van der Waals surface area contributed by atoms with Gasteiger partial charge in [0.25, 0.3) is 10.0 Å². The summed E-state index contributed by atoms with van der Waals surface area (Å²) in [7, 11) is 0.368. The third kappa shape index (κ3) is 4.83. The summed E-state index contributed by atoms with van der Waals surface area (Å²) in [6.07, 6.45) is 1.70. The van der Waals surface area contributed by atoms with E-state index in [1.807, 2.05) is 6.92 Å². The third-order valence-electron chi connectivity index (χ3n) is 4.55. The molecule has 0 radical (unpaired) electrons. The zero-order valence-corrected chi connectivity index (χ0v) is 20.6. The van der Waals surface area contributed by atoms with Gasteiger partial charge in [0.15, 0.2) is 17.3 Å². The molecule has 0 saturated carbocycles. The van der Waals surface area contributed by atoms with Gasteiger partial charge in [0, 0.05) is 10.0 Å². The molecule has 0 saturated heterocycles. The molecule has 0 unspecified atom stereocenters. The van der Waals surface area contributed by atoms with Gasteiger partial charge in [-0.05, 0) is 42.8 Å². The largest absolute Gasteiger partial charge is 0.493 e. The summed E-state index contributed by atoms with van der Waals surface area (Å²) in [4.78, 5) is 4.41. The molecule has 0 aliphatic heterocycles. The molecule has 1 heterocycles. The van der Waals surface area contributed by atoms with Crippen LogP contribution in [-0.4, -0.2) is 50.5 Å². The van der Waals surface area contributed by atoms with Crippen molar-refractivity contribution >= 4 is 26.0 Å². The average Bonchev–Trinajstić information content (AvgIpc) is 3.23. The molecule has 0 aliphatic carbocycles. The van der Waals surface area contributed by atoms with Crippen molar-refractivity contribution in [2.45, 2.75) is 24.7 Å². The Kier molecular flexibility index (Phi) is 7.62. The molecule has 1 aromatic heterocycles. The number of nitrogens with zero attached hydrogens (tertiary/aromatic N) is 3. The molecule has 0 atom stereocenters. The summed E-state index contributed by atoms with van der Waals surface area (Å²) in [5.74, 6) is 1.13. The van der Waals surface area contributed by atoms with Crippen LogP contribution in [0.4, 0.5) is 0 Å². The van der Waals surface area contributed by atoms with Crippen LogP contribution < -0.4 is 18.9 Å². The number of hydrogen-bond donors (Lipinski definition) is 0. The molecule has 3 rings (SSSR count). The number of halogens is 1. The Bertz CT molecular complexity index is 1150. The Hall–Kier alpha value is -2.79. The highest BCUT2D eigenvalue weighted by Gasteiger charge is 2.27. The molecular weight excluding hydrogens is 502 g/mol. The normalized spacial score (nSPS) is 11.3. The van der Waals surface area contributed by atoms with Gasteiger partial charge in [0.1, 0.15) is 0 Å². The smallest absolute Gasteiger partial charge is 0.337 e. The predicted molar refractivity (Wildman–Crippen MR) is 122 cm³/mol. The van der Waals surface area contributed by atoms with Gasteiger partial charge in [-0.15, -0.1) is 4.09 Å². The van der Waals surface area contributed by atoms with Crippen LogP contribution in [0.5, 0.6) is 23.3 Å². The standard InChI is InChI=1S/C21H24BrN3O6S/c1-5-6-11-31-21-23-20(14-12-17(28-2)19(30-4)18(13-14)29-3)25(24-21)32(26,27)16-9-7-15(22)8-10-16/h7-10,12-13H,5-6,11H2,1-4H3. The number of methoxy groups -OCH3 is 3. The number of aromatic nitrogens is 3. The first-order valence-electron chi connectivity index (χ1n) is 9.77. The molecule has 0 fully saturated rings. The van der Waals surface area contributed by atoms with Gasteiger partial charge >= 0.3 is 6.01 Å². The molecule has 9 nitrogen and oxygen atoms in total. The van der Waals surface area contributed by atoms with Crippen LogP contribution in [0.1, 0.15) is 19.8 Å². The van der Waals surface area contributed by atoms with Crippen molar-refractivity contribution in [1.29, 1.82) is 0 Å². The van der Waals surface area contributed by atoms with E-state index in [1.54, 1.807) is 24.3 Å². The van der Waals surface area contributed by atoms with E-state index >= 15 is 0 Å². The lowest BCUT2D eigenvalue weighted by Gasteiger charge is -2.14. The summed E-state index contributed by atoms with van der Waals surface area (Å²) in [6, 6.07) is 9.42.